The average Bonchev–Trinajstić information content (AvgIpc) is 2.28. The van der Waals surface area contributed by atoms with E-state index in [4.69, 9.17) is 0 Å². The maximum Gasteiger partial charge on any atom is 0.258 e. The molecule has 0 bridgehead atoms. The number of hydrogen-bond acceptors (Lipinski definition) is 2. The van der Waals surface area contributed by atoms with E-state index in [9.17, 15) is 9.90 Å². The van der Waals surface area contributed by atoms with Gasteiger partial charge in [0.1, 0.15) is 5.75 Å². The Labute approximate surface area is 91.2 Å². The van der Waals surface area contributed by atoms with Gasteiger partial charge in [0.05, 0.1) is 5.52 Å². The summed E-state index contributed by atoms with van der Waals surface area (Å²) in [6.07, 6.45) is 1.72. The van der Waals surface area contributed by atoms with Crippen molar-refractivity contribution in [1.82, 2.24) is 4.40 Å². The molecule has 1 aromatic carbocycles. The maximum absolute atomic E-state index is 11.6. The summed E-state index contributed by atoms with van der Waals surface area (Å²) in [5.41, 5.74) is 0.504. The van der Waals surface area contributed by atoms with Gasteiger partial charge in [0.15, 0.2) is 0 Å². The molecule has 2 aromatic heterocycles. The number of aromatic nitrogens is 1. The van der Waals surface area contributed by atoms with Crippen LogP contribution in [0.4, 0.5) is 0 Å². The molecule has 0 saturated heterocycles. The minimum Gasteiger partial charge on any atom is -0.508 e. The number of rotatable bonds is 0. The van der Waals surface area contributed by atoms with E-state index >= 15 is 0 Å². The Morgan fingerprint density at radius 3 is 2.75 bits per heavy atom. The summed E-state index contributed by atoms with van der Waals surface area (Å²) in [6.45, 7) is 0. The first-order chi connectivity index (χ1) is 7.75. The molecule has 0 radical (unpaired) electrons. The van der Waals surface area contributed by atoms with Gasteiger partial charge in [0.25, 0.3) is 5.56 Å². The van der Waals surface area contributed by atoms with Gasteiger partial charge in [-0.3, -0.25) is 9.20 Å². The first-order valence-electron chi connectivity index (χ1n) is 4.99. The van der Waals surface area contributed by atoms with Crippen LogP contribution in [-0.4, -0.2) is 9.51 Å². The van der Waals surface area contributed by atoms with Gasteiger partial charge in [0.2, 0.25) is 0 Å². The third kappa shape index (κ3) is 1.18. The van der Waals surface area contributed by atoms with E-state index in [0.717, 1.165) is 16.3 Å². The summed E-state index contributed by atoms with van der Waals surface area (Å²) in [5, 5.41) is 11.5. The predicted molar refractivity (Wildman–Crippen MR) is 62.8 cm³/mol. The van der Waals surface area contributed by atoms with Crippen LogP contribution in [0, 0.1) is 0 Å². The summed E-state index contributed by atoms with van der Waals surface area (Å²) >= 11 is 0. The number of hydrogen-bond donors (Lipinski definition) is 1. The molecule has 0 atom stereocenters. The van der Waals surface area contributed by atoms with Crippen molar-refractivity contribution in [2.24, 2.45) is 0 Å². The molecule has 0 aliphatic rings. The van der Waals surface area contributed by atoms with Crippen LogP contribution in [0.5, 0.6) is 5.75 Å². The van der Waals surface area contributed by atoms with Crippen molar-refractivity contribution in [3.8, 4) is 5.75 Å². The van der Waals surface area contributed by atoms with Crippen LogP contribution in [0.3, 0.4) is 0 Å². The van der Waals surface area contributed by atoms with Gasteiger partial charge >= 0.3 is 0 Å². The molecule has 1 N–H and O–H groups in total. The van der Waals surface area contributed by atoms with Crippen LogP contribution in [0.2, 0.25) is 0 Å². The van der Waals surface area contributed by atoms with Gasteiger partial charge in [-0.1, -0.05) is 24.3 Å². The molecule has 0 saturated carbocycles. The molecule has 0 unspecified atom stereocenters. The minimum absolute atomic E-state index is 0.00125. The van der Waals surface area contributed by atoms with Crippen LogP contribution >= 0.6 is 0 Å². The molecule has 3 nitrogen and oxygen atoms in total. The number of fused-ring (bicyclic) bond motifs is 3. The Morgan fingerprint density at radius 1 is 1.06 bits per heavy atom. The first kappa shape index (κ1) is 8.97. The maximum atomic E-state index is 11.6. The lowest BCUT2D eigenvalue weighted by molar-refractivity contribution is 0.474. The monoisotopic (exact) mass is 211 g/mol. The molecule has 3 rings (SSSR count). The van der Waals surface area contributed by atoms with Crippen molar-refractivity contribution < 1.29 is 5.11 Å². The molecule has 0 fully saturated rings. The third-order valence-electron chi connectivity index (χ3n) is 2.69. The lowest BCUT2D eigenvalue weighted by Gasteiger charge is -2.05. The van der Waals surface area contributed by atoms with E-state index in [0.29, 0.717) is 0 Å². The second-order valence-corrected chi connectivity index (χ2v) is 3.71. The van der Waals surface area contributed by atoms with Gasteiger partial charge < -0.3 is 5.11 Å². The normalized spacial score (nSPS) is 11.0. The highest BCUT2D eigenvalue weighted by molar-refractivity contribution is 5.95. The number of benzene rings is 1. The molecule has 0 aliphatic heterocycles. The molecule has 16 heavy (non-hydrogen) atoms. The van der Waals surface area contributed by atoms with Gasteiger partial charge in [-0.25, -0.2) is 0 Å². The fourth-order valence-corrected chi connectivity index (χ4v) is 1.96. The summed E-state index contributed by atoms with van der Waals surface area (Å²) in [7, 11) is 0. The van der Waals surface area contributed by atoms with Crippen LogP contribution in [0.15, 0.2) is 53.5 Å². The lowest BCUT2D eigenvalue weighted by Crippen LogP contribution is -2.11. The van der Waals surface area contributed by atoms with Gasteiger partial charge in [-0.05, 0) is 11.5 Å². The Balaban J connectivity index is 2.65. The van der Waals surface area contributed by atoms with Gasteiger partial charge in [-0.15, -0.1) is 0 Å². The van der Waals surface area contributed by atoms with Crippen molar-refractivity contribution in [1.29, 1.82) is 0 Å². The van der Waals surface area contributed by atoms with Crippen molar-refractivity contribution in [2.75, 3.05) is 0 Å². The zero-order chi connectivity index (χ0) is 11.1. The molecule has 78 valence electrons. The molecule has 0 spiro atoms. The molecular formula is C13H9NO2. The van der Waals surface area contributed by atoms with Crippen molar-refractivity contribution in [3.05, 3.63) is 59.0 Å². The molecule has 0 aliphatic carbocycles. The van der Waals surface area contributed by atoms with E-state index in [1.807, 2.05) is 30.3 Å². The van der Waals surface area contributed by atoms with E-state index in [2.05, 4.69) is 0 Å². The largest absolute Gasteiger partial charge is 0.508 e. The van der Waals surface area contributed by atoms with Gasteiger partial charge in [-0.2, -0.15) is 0 Å². The fourth-order valence-electron chi connectivity index (χ4n) is 1.96. The van der Waals surface area contributed by atoms with Crippen molar-refractivity contribution in [2.45, 2.75) is 0 Å². The highest BCUT2D eigenvalue weighted by Gasteiger charge is 2.02. The summed E-state index contributed by atoms with van der Waals surface area (Å²) in [4.78, 5) is 11.6. The topological polar surface area (TPSA) is 41.7 Å². The highest BCUT2D eigenvalue weighted by atomic mass is 16.3. The standard InChI is InChI=1S/C13H9NO2/c15-10-7-12-11-4-2-1-3-9(11)5-6-14(12)13(16)8-10/h1-8,15H. The highest BCUT2D eigenvalue weighted by Crippen LogP contribution is 2.20. The Kier molecular flexibility index (Phi) is 1.74. The third-order valence-corrected chi connectivity index (χ3v) is 2.69. The first-order valence-corrected chi connectivity index (χ1v) is 4.99. The Hall–Kier alpha value is -2.29. The fraction of sp³-hybridized carbons (Fsp3) is 0. The molecule has 3 aromatic rings. The van der Waals surface area contributed by atoms with E-state index in [1.165, 1.54) is 10.5 Å². The summed E-state index contributed by atoms with van der Waals surface area (Å²) in [6, 6.07) is 12.5. The predicted octanol–water partition coefficient (Wildman–Crippen LogP) is 2.16. The molecule has 0 amide bonds. The van der Waals surface area contributed by atoms with E-state index in [1.54, 1.807) is 12.3 Å². The minimum atomic E-state index is -0.222. The quantitative estimate of drug-likeness (QED) is 0.579. The second-order valence-electron chi connectivity index (χ2n) is 3.71. The summed E-state index contributed by atoms with van der Waals surface area (Å²) < 4.78 is 1.53. The van der Waals surface area contributed by atoms with Crippen LogP contribution < -0.4 is 5.56 Å². The SMILES string of the molecule is O=c1cc(O)cc2c3ccccc3ccn12. The molecule has 2 heterocycles. The summed E-state index contributed by atoms with van der Waals surface area (Å²) in [5.74, 6) is 0.00125. The van der Waals surface area contributed by atoms with E-state index < -0.39 is 0 Å². The van der Waals surface area contributed by atoms with Crippen LogP contribution in [0.1, 0.15) is 0 Å². The van der Waals surface area contributed by atoms with E-state index in [-0.39, 0.29) is 11.3 Å². The molecule has 3 heteroatoms. The number of nitrogens with zero attached hydrogens (tertiary/aromatic N) is 1. The Morgan fingerprint density at radius 2 is 1.88 bits per heavy atom. The van der Waals surface area contributed by atoms with Crippen LogP contribution in [-0.2, 0) is 0 Å². The Bertz CT molecular complexity index is 744. The number of aromatic hydroxyl groups is 1. The molecular weight excluding hydrogens is 202 g/mol. The lowest BCUT2D eigenvalue weighted by atomic mass is 10.1. The number of pyridine rings is 2. The smallest absolute Gasteiger partial charge is 0.258 e. The van der Waals surface area contributed by atoms with Crippen LogP contribution in [0.25, 0.3) is 16.3 Å². The van der Waals surface area contributed by atoms with Gasteiger partial charge in [0, 0.05) is 23.7 Å². The zero-order valence-corrected chi connectivity index (χ0v) is 8.42. The van der Waals surface area contributed by atoms with Crippen molar-refractivity contribution >= 4 is 16.3 Å². The second kappa shape index (κ2) is 3.10. The van der Waals surface area contributed by atoms with Crippen molar-refractivity contribution in [3.63, 3.8) is 0 Å². The average molecular weight is 211 g/mol. The zero-order valence-electron chi connectivity index (χ0n) is 8.42.